The van der Waals surface area contributed by atoms with Gasteiger partial charge in [0.1, 0.15) is 5.82 Å². The fourth-order valence-electron chi connectivity index (χ4n) is 2.42. The number of hydrogen-bond donors (Lipinski definition) is 2. The Morgan fingerprint density at radius 3 is 2.35 bits per heavy atom. The van der Waals surface area contributed by atoms with Gasteiger partial charge in [0.05, 0.1) is 10.5 Å². The van der Waals surface area contributed by atoms with Gasteiger partial charge in [0, 0.05) is 0 Å². The van der Waals surface area contributed by atoms with Gasteiger partial charge in [0.15, 0.2) is 0 Å². The normalized spacial score (nSPS) is 12.4. The number of nitrogens with one attached hydrogen (secondary N) is 1. The third kappa shape index (κ3) is 3.66. The summed E-state index contributed by atoms with van der Waals surface area (Å²) in [7, 11) is 0. The Balaban J connectivity index is 2.26. The number of halogens is 2. The van der Waals surface area contributed by atoms with Crippen molar-refractivity contribution in [2.75, 3.05) is 0 Å². The highest BCUT2D eigenvalue weighted by Crippen LogP contribution is 2.24. The molecule has 0 aliphatic rings. The first-order valence-electron chi connectivity index (χ1n) is 6.48. The zero-order valence-electron chi connectivity index (χ0n) is 11.6. The summed E-state index contributed by atoms with van der Waals surface area (Å²) < 4.78 is 13.8. The molecule has 0 amide bonds. The van der Waals surface area contributed by atoms with Crippen molar-refractivity contribution >= 4 is 15.9 Å². The number of benzene rings is 2. The summed E-state index contributed by atoms with van der Waals surface area (Å²) in [5.74, 6) is 5.39. The largest absolute Gasteiger partial charge is 0.271 e. The molecule has 106 valence electrons. The van der Waals surface area contributed by atoms with Crippen molar-refractivity contribution in [3.8, 4) is 0 Å². The third-order valence-electron chi connectivity index (χ3n) is 3.27. The van der Waals surface area contributed by atoms with Crippen LogP contribution in [0.5, 0.6) is 0 Å². The first kappa shape index (κ1) is 15.2. The first-order valence-corrected chi connectivity index (χ1v) is 7.27. The Labute approximate surface area is 127 Å². The van der Waals surface area contributed by atoms with Gasteiger partial charge < -0.3 is 0 Å². The maximum atomic E-state index is 13.3. The predicted octanol–water partition coefficient (Wildman–Crippen LogP) is 3.95. The molecule has 3 N–H and O–H groups in total. The van der Waals surface area contributed by atoms with E-state index >= 15 is 0 Å². The first-order chi connectivity index (χ1) is 9.49. The SMILES string of the molecule is Cc1cc(C)cc(CC(NN)c2ccc(F)c(Br)c2)c1. The maximum absolute atomic E-state index is 13.3. The molecule has 2 aromatic carbocycles. The minimum atomic E-state index is -0.268. The zero-order valence-corrected chi connectivity index (χ0v) is 13.2. The molecule has 0 heterocycles. The number of hydrogen-bond acceptors (Lipinski definition) is 2. The van der Waals surface area contributed by atoms with E-state index in [4.69, 9.17) is 5.84 Å². The second kappa shape index (κ2) is 6.48. The van der Waals surface area contributed by atoms with Crippen molar-refractivity contribution in [2.24, 2.45) is 5.84 Å². The van der Waals surface area contributed by atoms with E-state index in [0.717, 1.165) is 12.0 Å². The van der Waals surface area contributed by atoms with Crippen LogP contribution in [0.4, 0.5) is 4.39 Å². The molecule has 0 fully saturated rings. The lowest BCUT2D eigenvalue weighted by Crippen LogP contribution is -2.29. The monoisotopic (exact) mass is 336 g/mol. The Kier molecular flexibility index (Phi) is 4.91. The van der Waals surface area contributed by atoms with Crippen LogP contribution in [0.3, 0.4) is 0 Å². The van der Waals surface area contributed by atoms with Crippen LogP contribution < -0.4 is 11.3 Å². The molecule has 0 radical (unpaired) electrons. The standard InChI is InChI=1S/C16H18BrFN2/c1-10-5-11(2)7-12(6-10)8-16(20-19)13-3-4-15(18)14(17)9-13/h3-7,9,16,20H,8,19H2,1-2H3. The smallest absolute Gasteiger partial charge is 0.137 e. The van der Waals surface area contributed by atoms with Crippen molar-refractivity contribution in [3.63, 3.8) is 0 Å². The van der Waals surface area contributed by atoms with Crippen LogP contribution in [-0.4, -0.2) is 0 Å². The summed E-state index contributed by atoms with van der Waals surface area (Å²) in [5, 5.41) is 0. The van der Waals surface area contributed by atoms with Crippen LogP contribution in [0.15, 0.2) is 40.9 Å². The van der Waals surface area contributed by atoms with Crippen molar-refractivity contribution in [2.45, 2.75) is 26.3 Å². The van der Waals surface area contributed by atoms with Gasteiger partial charge in [-0.25, -0.2) is 4.39 Å². The third-order valence-corrected chi connectivity index (χ3v) is 3.88. The molecule has 0 saturated carbocycles. The minimum absolute atomic E-state index is 0.0481. The molecular formula is C16H18BrFN2. The highest BCUT2D eigenvalue weighted by Gasteiger charge is 2.13. The van der Waals surface area contributed by atoms with E-state index in [0.29, 0.717) is 4.47 Å². The van der Waals surface area contributed by atoms with Crippen LogP contribution in [-0.2, 0) is 6.42 Å². The summed E-state index contributed by atoms with van der Waals surface area (Å²) in [6.07, 6.45) is 0.761. The minimum Gasteiger partial charge on any atom is -0.271 e. The van der Waals surface area contributed by atoms with Crippen molar-refractivity contribution in [1.29, 1.82) is 0 Å². The van der Waals surface area contributed by atoms with Crippen LogP contribution >= 0.6 is 15.9 Å². The van der Waals surface area contributed by atoms with E-state index in [2.05, 4.69) is 53.4 Å². The van der Waals surface area contributed by atoms with Crippen LogP contribution in [0.2, 0.25) is 0 Å². The Hall–Kier alpha value is -1.23. The Morgan fingerprint density at radius 2 is 1.80 bits per heavy atom. The molecule has 0 saturated heterocycles. The van der Waals surface area contributed by atoms with Crippen molar-refractivity contribution in [3.05, 3.63) is 68.9 Å². The van der Waals surface area contributed by atoms with E-state index < -0.39 is 0 Å². The van der Waals surface area contributed by atoms with E-state index in [1.807, 2.05) is 0 Å². The molecule has 4 heteroatoms. The number of hydrazine groups is 1. The van der Waals surface area contributed by atoms with Gasteiger partial charge >= 0.3 is 0 Å². The molecule has 0 aromatic heterocycles. The lowest BCUT2D eigenvalue weighted by molar-refractivity contribution is 0.548. The van der Waals surface area contributed by atoms with E-state index in [9.17, 15) is 4.39 Å². The summed E-state index contributed by atoms with van der Waals surface area (Å²) in [5.41, 5.74) is 7.45. The number of aryl methyl sites for hydroxylation is 2. The van der Waals surface area contributed by atoms with E-state index in [1.54, 1.807) is 12.1 Å². The molecule has 0 aliphatic carbocycles. The number of rotatable bonds is 4. The van der Waals surface area contributed by atoms with Gasteiger partial charge in [-0.05, 0) is 59.5 Å². The van der Waals surface area contributed by atoms with Gasteiger partial charge in [-0.15, -0.1) is 0 Å². The van der Waals surface area contributed by atoms with Gasteiger partial charge in [0.2, 0.25) is 0 Å². The molecule has 0 aliphatic heterocycles. The molecule has 0 spiro atoms. The maximum Gasteiger partial charge on any atom is 0.137 e. The lowest BCUT2D eigenvalue weighted by atomic mass is 9.97. The topological polar surface area (TPSA) is 38.0 Å². The van der Waals surface area contributed by atoms with Gasteiger partial charge in [-0.3, -0.25) is 11.3 Å². The van der Waals surface area contributed by atoms with Crippen LogP contribution in [0.25, 0.3) is 0 Å². The predicted molar refractivity (Wildman–Crippen MR) is 83.8 cm³/mol. The van der Waals surface area contributed by atoms with E-state index in [1.165, 1.54) is 22.8 Å². The second-order valence-corrected chi connectivity index (χ2v) is 5.95. The van der Waals surface area contributed by atoms with Gasteiger partial charge in [-0.1, -0.05) is 35.4 Å². The lowest BCUT2D eigenvalue weighted by Gasteiger charge is -2.17. The van der Waals surface area contributed by atoms with Crippen LogP contribution in [0.1, 0.15) is 28.3 Å². The molecule has 2 rings (SSSR count). The number of nitrogens with two attached hydrogens (primary N) is 1. The fraction of sp³-hybridized carbons (Fsp3) is 0.250. The average molecular weight is 337 g/mol. The Morgan fingerprint density at radius 1 is 1.15 bits per heavy atom. The van der Waals surface area contributed by atoms with Gasteiger partial charge in [-0.2, -0.15) is 0 Å². The Bertz CT molecular complexity index is 593. The van der Waals surface area contributed by atoms with Crippen LogP contribution in [0, 0.1) is 19.7 Å². The molecule has 2 aromatic rings. The summed E-state index contributed by atoms with van der Waals surface area (Å²) >= 11 is 3.21. The average Bonchev–Trinajstić information content (AvgIpc) is 2.38. The molecule has 1 unspecified atom stereocenters. The highest BCUT2D eigenvalue weighted by molar-refractivity contribution is 9.10. The zero-order chi connectivity index (χ0) is 14.7. The second-order valence-electron chi connectivity index (χ2n) is 5.09. The van der Waals surface area contributed by atoms with Crippen molar-refractivity contribution in [1.82, 2.24) is 5.43 Å². The highest BCUT2D eigenvalue weighted by atomic mass is 79.9. The molecular weight excluding hydrogens is 319 g/mol. The molecule has 0 bridgehead atoms. The molecule has 1 atom stereocenters. The van der Waals surface area contributed by atoms with Crippen molar-refractivity contribution < 1.29 is 4.39 Å². The fourth-order valence-corrected chi connectivity index (χ4v) is 2.82. The summed E-state index contributed by atoms with van der Waals surface area (Å²) in [6.45, 7) is 4.16. The van der Waals surface area contributed by atoms with E-state index in [-0.39, 0.29) is 11.9 Å². The molecule has 2 nitrogen and oxygen atoms in total. The van der Waals surface area contributed by atoms with Gasteiger partial charge in [0.25, 0.3) is 0 Å². The summed E-state index contributed by atoms with van der Waals surface area (Å²) in [4.78, 5) is 0. The quantitative estimate of drug-likeness (QED) is 0.655. The molecule has 20 heavy (non-hydrogen) atoms. The summed E-state index contributed by atoms with van der Waals surface area (Å²) in [6, 6.07) is 11.4.